The Kier molecular flexibility index (Phi) is 6.14. The molecule has 3 nitrogen and oxygen atoms in total. The van der Waals surface area contributed by atoms with E-state index in [4.69, 9.17) is 0 Å². The molecule has 1 aliphatic rings. The second kappa shape index (κ2) is 6.31. The lowest BCUT2D eigenvalue weighted by molar-refractivity contribution is -0.192. The number of hydrogen-bond acceptors (Lipinski definition) is 2. The number of carbonyl (C=O) groups is 1. The summed E-state index contributed by atoms with van der Waals surface area (Å²) in [5.41, 5.74) is -1.16. The van der Waals surface area contributed by atoms with E-state index >= 15 is 0 Å². The molecule has 19 heavy (non-hydrogen) atoms. The zero-order valence-corrected chi connectivity index (χ0v) is 12.5. The Labute approximate surface area is 118 Å². The fourth-order valence-electron chi connectivity index (χ4n) is 2.71. The fraction of sp³-hybridized carbons (Fsp3) is 0.917. The van der Waals surface area contributed by atoms with Crippen LogP contribution >= 0.6 is 12.4 Å². The number of carbonyl (C=O) groups excluding carboxylic acids is 1. The van der Waals surface area contributed by atoms with Crippen LogP contribution in [0, 0.1) is 11.8 Å². The Morgan fingerprint density at radius 2 is 2.00 bits per heavy atom. The van der Waals surface area contributed by atoms with Gasteiger partial charge in [0, 0.05) is 24.5 Å². The van der Waals surface area contributed by atoms with Gasteiger partial charge < -0.3 is 10.2 Å². The van der Waals surface area contributed by atoms with Crippen LogP contribution in [-0.2, 0) is 4.79 Å². The van der Waals surface area contributed by atoms with Gasteiger partial charge in [-0.1, -0.05) is 6.92 Å². The third-order valence-corrected chi connectivity index (χ3v) is 3.78. The molecule has 2 unspecified atom stereocenters. The number of rotatable bonds is 3. The van der Waals surface area contributed by atoms with Crippen molar-refractivity contribution in [1.29, 1.82) is 0 Å². The summed E-state index contributed by atoms with van der Waals surface area (Å²) < 4.78 is 38.7. The maximum absolute atomic E-state index is 12.9. The summed E-state index contributed by atoms with van der Waals surface area (Å²) in [6, 6.07) is 0. The summed E-state index contributed by atoms with van der Waals surface area (Å²) >= 11 is 0. The maximum atomic E-state index is 12.9. The van der Waals surface area contributed by atoms with Crippen molar-refractivity contribution in [1.82, 2.24) is 10.2 Å². The molecule has 1 N–H and O–H groups in total. The first kappa shape index (κ1) is 18.5. The van der Waals surface area contributed by atoms with Crippen LogP contribution in [0.25, 0.3) is 0 Å². The second-order valence-corrected chi connectivity index (χ2v) is 5.49. The third-order valence-electron chi connectivity index (χ3n) is 3.78. The van der Waals surface area contributed by atoms with Gasteiger partial charge in [-0.3, -0.25) is 4.79 Å². The van der Waals surface area contributed by atoms with Crippen LogP contribution in [0.3, 0.4) is 0 Å². The van der Waals surface area contributed by atoms with Crippen LogP contribution in [0.5, 0.6) is 0 Å². The summed E-state index contributed by atoms with van der Waals surface area (Å²) in [5.74, 6) is -1.95. The molecule has 1 fully saturated rings. The highest BCUT2D eigenvalue weighted by molar-refractivity contribution is 5.85. The molecule has 1 heterocycles. The van der Waals surface area contributed by atoms with E-state index in [0.717, 1.165) is 0 Å². The number of halogens is 4. The van der Waals surface area contributed by atoms with E-state index in [1.807, 2.05) is 0 Å². The van der Waals surface area contributed by atoms with Gasteiger partial charge in [0.25, 0.3) is 0 Å². The van der Waals surface area contributed by atoms with Gasteiger partial charge in [-0.05, 0) is 27.3 Å². The third kappa shape index (κ3) is 3.75. The molecule has 1 rings (SSSR count). The first-order valence-electron chi connectivity index (χ1n) is 6.15. The van der Waals surface area contributed by atoms with Crippen LogP contribution in [0.4, 0.5) is 13.2 Å². The van der Waals surface area contributed by atoms with Crippen LogP contribution in [0.2, 0.25) is 0 Å². The minimum absolute atomic E-state index is 0. The average Bonchev–Trinajstić information content (AvgIpc) is 2.52. The molecular formula is C12H22ClF3N2O. The first-order valence-corrected chi connectivity index (χ1v) is 6.15. The van der Waals surface area contributed by atoms with E-state index in [2.05, 4.69) is 5.32 Å². The predicted octanol–water partition coefficient (Wildman–Crippen LogP) is 2.45. The van der Waals surface area contributed by atoms with E-state index < -0.39 is 17.6 Å². The topological polar surface area (TPSA) is 32.3 Å². The summed E-state index contributed by atoms with van der Waals surface area (Å²) in [6.45, 7) is 5.40. The molecule has 7 heteroatoms. The summed E-state index contributed by atoms with van der Waals surface area (Å²) in [7, 11) is 1.72. The van der Waals surface area contributed by atoms with Crippen molar-refractivity contribution in [2.45, 2.75) is 38.9 Å². The van der Waals surface area contributed by atoms with Gasteiger partial charge in [-0.15, -0.1) is 12.4 Å². The first-order chi connectivity index (χ1) is 8.12. The zero-order valence-electron chi connectivity index (χ0n) is 11.7. The van der Waals surface area contributed by atoms with Crippen LogP contribution < -0.4 is 5.32 Å². The highest BCUT2D eigenvalue weighted by Gasteiger charge is 2.56. The number of likely N-dealkylation sites (tertiary alicyclic amines) is 1. The van der Waals surface area contributed by atoms with Gasteiger partial charge in [-0.25, -0.2) is 0 Å². The molecule has 0 aromatic carbocycles. The smallest absolute Gasteiger partial charge is 0.337 e. The van der Waals surface area contributed by atoms with Gasteiger partial charge in [-0.2, -0.15) is 13.2 Å². The minimum atomic E-state index is -4.25. The molecular weight excluding hydrogens is 281 g/mol. The summed E-state index contributed by atoms with van der Waals surface area (Å²) in [5, 5.41) is 2.87. The zero-order chi connectivity index (χ0) is 14.1. The summed E-state index contributed by atoms with van der Waals surface area (Å²) in [4.78, 5) is 13.5. The van der Waals surface area contributed by atoms with E-state index in [1.54, 1.807) is 14.0 Å². The Hall–Kier alpha value is -0.490. The molecule has 114 valence electrons. The molecule has 0 spiro atoms. The summed E-state index contributed by atoms with van der Waals surface area (Å²) in [6.07, 6.45) is -4.25. The lowest BCUT2D eigenvalue weighted by Crippen LogP contribution is -2.51. The molecule has 2 atom stereocenters. The Balaban J connectivity index is 0.00000324. The normalized spacial score (nSPS) is 23.9. The van der Waals surface area contributed by atoms with E-state index in [-0.39, 0.29) is 37.2 Å². The monoisotopic (exact) mass is 302 g/mol. The Morgan fingerprint density at radius 1 is 1.47 bits per heavy atom. The number of hydrogen-bond donors (Lipinski definition) is 1. The predicted molar refractivity (Wildman–Crippen MR) is 70.3 cm³/mol. The van der Waals surface area contributed by atoms with Crippen LogP contribution in [0.15, 0.2) is 0 Å². The van der Waals surface area contributed by atoms with E-state index in [1.165, 1.54) is 18.7 Å². The lowest BCUT2D eigenvalue weighted by Gasteiger charge is -2.38. The SMILES string of the molecule is CNCC(C)C(=O)N1CCC(C(F)(F)F)C1(C)C.Cl. The number of nitrogens with one attached hydrogen (secondary N) is 1. The Bertz CT molecular complexity index is 321. The van der Waals surface area contributed by atoms with Gasteiger partial charge in [0.15, 0.2) is 0 Å². The average molecular weight is 303 g/mol. The fourth-order valence-corrected chi connectivity index (χ4v) is 2.71. The number of alkyl halides is 3. The molecule has 0 saturated carbocycles. The van der Waals surface area contributed by atoms with E-state index in [0.29, 0.717) is 6.54 Å². The van der Waals surface area contributed by atoms with Gasteiger partial charge in [0.1, 0.15) is 0 Å². The standard InChI is InChI=1S/C12H21F3N2O.ClH/c1-8(7-16-4)10(18)17-6-5-9(11(17,2)3)12(13,14)15;/h8-9,16H,5-7H2,1-4H3;1H. The lowest BCUT2D eigenvalue weighted by atomic mass is 9.87. The molecule has 1 amide bonds. The quantitative estimate of drug-likeness (QED) is 0.868. The van der Waals surface area contributed by atoms with Gasteiger partial charge in [0.05, 0.1) is 5.92 Å². The molecule has 0 aromatic heterocycles. The van der Waals surface area contributed by atoms with Crippen LogP contribution in [0.1, 0.15) is 27.2 Å². The molecule has 1 aliphatic heterocycles. The van der Waals surface area contributed by atoms with Crippen LogP contribution in [-0.4, -0.2) is 42.7 Å². The molecule has 0 bridgehead atoms. The highest BCUT2D eigenvalue weighted by atomic mass is 35.5. The Morgan fingerprint density at radius 3 is 2.37 bits per heavy atom. The molecule has 1 saturated heterocycles. The molecule has 0 aromatic rings. The van der Waals surface area contributed by atoms with Crippen molar-refractivity contribution in [3.63, 3.8) is 0 Å². The number of nitrogens with zero attached hydrogens (tertiary/aromatic N) is 1. The van der Waals surface area contributed by atoms with Crippen molar-refractivity contribution < 1.29 is 18.0 Å². The van der Waals surface area contributed by atoms with Gasteiger partial charge >= 0.3 is 6.18 Å². The van der Waals surface area contributed by atoms with Crippen molar-refractivity contribution >= 4 is 18.3 Å². The largest absolute Gasteiger partial charge is 0.394 e. The van der Waals surface area contributed by atoms with Crippen molar-refractivity contribution in [2.75, 3.05) is 20.1 Å². The minimum Gasteiger partial charge on any atom is -0.337 e. The maximum Gasteiger partial charge on any atom is 0.394 e. The van der Waals surface area contributed by atoms with Crippen molar-refractivity contribution in [2.24, 2.45) is 11.8 Å². The molecule has 0 aliphatic carbocycles. The number of amides is 1. The van der Waals surface area contributed by atoms with E-state index in [9.17, 15) is 18.0 Å². The highest BCUT2D eigenvalue weighted by Crippen LogP contribution is 2.45. The second-order valence-electron chi connectivity index (χ2n) is 5.49. The van der Waals surface area contributed by atoms with Crippen molar-refractivity contribution in [3.8, 4) is 0 Å². The van der Waals surface area contributed by atoms with Crippen molar-refractivity contribution in [3.05, 3.63) is 0 Å². The molecule has 0 radical (unpaired) electrons. The van der Waals surface area contributed by atoms with Gasteiger partial charge in [0.2, 0.25) is 5.91 Å².